The largest absolute Gasteiger partial charge is 1.00 e. The van der Waals surface area contributed by atoms with Crippen LogP contribution in [-0.4, -0.2) is 31.7 Å². The lowest BCUT2D eigenvalue weighted by Crippen LogP contribution is -3.00. The average molecular weight is 323 g/mol. The van der Waals surface area contributed by atoms with Gasteiger partial charge in [0.25, 0.3) is 0 Å². The lowest BCUT2D eigenvalue weighted by Gasteiger charge is -2.45. The van der Waals surface area contributed by atoms with Crippen LogP contribution in [0.4, 0.5) is 0 Å². The summed E-state index contributed by atoms with van der Waals surface area (Å²) in [4.78, 5) is 0. The van der Waals surface area contributed by atoms with Crippen LogP contribution < -0.4 is 24.0 Å². The molecule has 90 valence electrons. The summed E-state index contributed by atoms with van der Waals surface area (Å²) in [6, 6.07) is 0.872. The van der Waals surface area contributed by atoms with Gasteiger partial charge < -0.3 is 28.5 Å². The van der Waals surface area contributed by atoms with Gasteiger partial charge in [0.05, 0.1) is 27.2 Å². The fraction of sp³-hybridized carbons (Fsp3) is 1.00. The third kappa shape index (κ3) is 1.67. The van der Waals surface area contributed by atoms with Crippen LogP contribution in [0.25, 0.3) is 0 Å². The molecular weight excluding hydrogens is 297 g/mol. The van der Waals surface area contributed by atoms with Gasteiger partial charge in [-0.15, -0.1) is 0 Å². The van der Waals surface area contributed by atoms with Crippen molar-refractivity contribution in [2.24, 2.45) is 16.7 Å². The zero-order chi connectivity index (χ0) is 10.8. The summed E-state index contributed by atoms with van der Waals surface area (Å²) in [5.74, 6) is 0.981. The van der Waals surface area contributed by atoms with E-state index in [1.807, 2.05) is 0 Å². The zero-order valence-electron chi connectivity index (χ0n) is 11.1. The highest BCUT2D eigenvalue weighted by Crippen LogP contribution is 2.66. The molecule has 0 N–H and O–H groups in total. The predicted molar refractivity (Wildman–Crippen MR) is 61.0 cm³/mol. The Bertz CT molecular complexity index is 254. The predicted octanol–water partition coefficient (Wildman–Crippen LogP) is -0.0886. The monoisotopic (exact) mass is 323 g/mol. The van der Waals surface area contributed by atoms with E-state index < -0.39 is 0 Å². The minimum atomic E-state index is 0. The molecule has 3 unspecified atom stereocenters. The summed E-state index contributed by atoms with van der Waals surface area (Å²) < 4.78 is 1.15. The number of hydrogen-bond acceptors (Lipinski definition) is 0. The van der Waals surface area contributed by atoms with E-state index in [-0.39, 0.29) is 24.0 Å². The lowest BCUT2D eigenvalue weighted by atomic mass is 9.68. The maximum absolute atomic E-state index is 2.54. The highest BCUT2D eigenvalue weighted by Gasteiger charge is 2.65. The molecule has 0 aromatic heterocycles. The van der Waals surface area contributed by atoms with Crippen LogP contribution in [0.5, 0.6) is 0 Å². The van der Waals surface area contributed by atoms with Crippen molar-refractivity contribution < 1.29 is 28.5 Å². The molecule has 3 atom stereocenters. The summed E-state index contributed by atoms with van der Waals surface area (Å²) in [7, 11) is 7.10. The van der Waals surface area contributed by atoms with Crippen LogP contribution in [0.3, 0.4) is 0 Å². The number of quaternary nitrogens is 1. The molecule has 2 saturated carbocycles. The van der Waals surface area contributed by atoms with Crippen LogP contribution in [-0.2, 0) is 0 Å². The molecule has 0 aliphatic heterocycles. The number of nitrogens with zero attached hydrogens (tertiary/aromatic N) is 1. The first kappa shape index (κ1) is 13.8. The van der Waals surface area contributed by atoms with Crippen molar-refractivity contribution in [1.82, 2.24) is 0 Å². The molecule has 0 saturated heterocycles. The van der Waals surface area contributed by atoms with Gasteiger partial charge >= 0.3 is 0 Å². The summed E-state index contributed by atoms with van der Waals surface area (Å²) in [6.07, 6.45) is 4.37. The third-order valence-electron chi connectivity index (χ3n) is 5.68. The molecule has 0 heterocycles. The quantitative estimate of drug-likeness (QED) is 0.467. The minimum Gasteiger partial charge on any atom is -1.00 e. The van der Waals surface area contributed by atoms with Gasteiger partial charge in [0.2, 0.25) is 0 Å². The van der Waals surface area contributed by atoms with E-state index in [9.17, 15) is 0 Å². The van der Waals surface area contributed by atoms with E-state index in [1.165, 1.54) is 19.3 Å². The van der Waals surface area contributed by atoms with E-state index in [0.29, 0.717) is 10.8 Å². The zero-order valence-corrected chi connectivity index (χ0v) is 13.3. The maximum Gasteiger partial charge on any atom is 0.0946 e. The minimum absolute atomic E-state index is 0. The molecule has 0 spiro atoms. The highest BCUT2D eigenvalue weighted by atomic mass is 127. The highest BCUT2D eigenvalue weighted by molar-refractivity contribution is 5.10. The second-order valence-electron chi connectivity index (χ2n) is 7.24. The van der Waals surface area contributed by atoms with Crippen LogP contribution in [0, 0.1) is 16.7 Å². The Balaban J connectivity index is 0.00000112. The normalized spacial score (nSPS) is 42.8. The molecule has 1 nitrogen and oxygen atoms in total. The average Bonchev–Trinajstić information content (AvgIpc) is 2.32. The standard InChI is InChI=1S/C13H26N.HI/c1-12(2)10-7-8-13(12,3)11(9-10)14(4,5)6;/h10-11H,7-9H2,1-6H3;1H/q+1;/p-1. The molecule has 2 heteroatoms. The van der Waals surface area contributed by atoms with Gasteiger partial charge in [-0.05, 0) is 24.2 Å². The molecule has 15 heavy (non-hydrogen) atoms. The topological polar surface area (TPSA) is 0 Å². The van der Waals surface area contributed by atoms with E-state index in [0.717, 1.165) is 16.4 Å². The van der Waals surface area contributed by atoms with Crippen molar-refractivity contribution >= 4 is 0 Å². The summed E-state index contributed by atoms with van der Waals surface area (Å²) in [6.45, 7) is 7.54. The molecule has 2 rings (SSSR count). The Kier molecular flexibility index (Phi) is 3.29. The van der Waals surface area contributed by atoms with Crippen molar-refractivity contribution in [3.05, 3.63) is 0 Å². The van der Waals surface area contributed by atoms with Crippen LogP contribution in [0.2, 0.25) is 0 Å². The Morgan fingerprint density at radius 1 is 1.07 bits per heavy atom. The van der Waals surface area contributed by atoms with E-state index in [1.54, 1.807) is 0 Å². The van der Waals surface area contributed by atoms with Crippen molar-refractivity contribution in [2.75, 3.05) is 21.1 Å². The van der Waals surface area contributed by atoms with Gasteiger partial charge in [-0.2, -0.15) is 0 Å². The Labute approximate surface area is 112 Å². The number of hydrogen-bond donors (Lipinski definition) is 0. The first-order chi connectivity index (χ1) is 6.19. The molecule has 0 amide bonds. The second kappa shape index (κ2) is 3.59. The molecule has 2 aliphatic rings. The van der Waals surface area contributed by atoms with Gasteiger partial charge in [0, 0.05) is 11.8 Å². The third-order valence-corrected chi connectivity index (χ3v) is 5.68. The molecule has 2 bridgehead atoms. The fourth-order valence-electron chi connectivity index (χ4n) is 4.33. The molecule has 2 aliphatic carbocycles. The fourth-order valence-corrected chi connectivity index (χ4v) is 4.33. The molecule has 0 aromatic rings. The van der Waals surface area contributed by atoms with E-state index in [4.69, 9.17) is 0 Å². The Hall–Kier alpha value is 0.690. The smallest absolute Gasteiger partial charge is 0.0946 e. The van der Waals surface area contributed by atoms with Gasteiger partial charge in [-0.3, -0.25) is 0 Å². The van der Waals surface area contributed by atoms with Crippen LogP contribution in [0.1, 0.15) is 40.0 Å². The van der Waals surface area contributed by atoms with Crippen molar-refractivity contribution in [1.29, 1.82) is 0 Å². The van der Waals surface area contributed by atoms with Crippen LogP contribution >= 0.6 is 0 Å². The van der Waals surface area contributed by atoms with Gasteiger partial charge in [-0.25, -0.2) is 0 Å². The molecule has 2 fully saturated rings. The van der Waals surface area contributed by atoms with E-state index in [2.05, 4.69) is 41.9 Å². The maximum atomic E-state index is 2.54. The van der Waals surface area contributed by atoms with Crippen LogP contribution in [0.15, 0.2) is 0 Å². The SMILES string of the molecule is CC1(C)C2CCC1(C)C([N+](C)(C)C)C2.[I-]. The van der Waals surface area contributed by atoms with Gasteiger partial charge in [0.15, 0.2) is 0 Å². The Morgan fingerprint density at radius 2 is 1.60 bits per heavy atom. The number of rotatable bonds is 1. The van der Waals surface area contributed by atoms with Gasteiger partial charge in [-0.1, -0.05) is 20.8 Å². The molecule has 0 aromatic carbocycles. The van der Waals surface area contributed by atoms with Crippen molar-refractivity contribution in [3.63, 3.8) is 0 Å². The second-order valence-corrected chi connectivity index (χ2v) is 7.24. The first-order valence-electron chi connectivity index (χ1n) is 6.01. The lowest BCUT2D eigenvalue weighted by molar-refractivity contribution is -0.903. The van der Waals surface area contributed by atoms with E-state index >= 15 is 0 Å². The molecule has 0 radical (unpaired) electrons. The molecular formula is C13H26IN. The summed E-state index contributed by atoms with van der Waals surface area (Å²) >= 11 is 0. The number of fused-ring (bicyclic) bond motifs is 2. The van der Waals surface area contributed by atoms with Gasteiger partial charge in [0.1, 0.15) is 0 Å². The Morgan fingerprint density at radius 3 is 1.80 bits per heavy atom. The summed E-state index contributed by atoms with van der Waals surface area (Å²) in [5.41, 5.74) is 1.15. The number of halogens is 1. The van der Waals surface area contributed by atoms with Crippen molar-refractivity contribution in [3.8, 4) is 0 Å². The summed E-state index contributed by atoms with van der Waals surface area (Å²) in [5, 5.41) is 0. The first-order valence-corrected chi connectivity index (χ1v) is 6.01. The van der Waals surface area contributed by atoms with Crippen molar-refractivity contribution in [2.45, 2.75) is 46.1 Å².